The minimum atomic E-state index is -0.0684. The van der Waals surface area contributed by atoms with Gasteiger partial charge in [-0.25, -0.2) is 0 Å². The van der Waals surface area contributed by atoms with E-state index in [1.165, 1.54) is 11.8 Å². The van der Waals surface area contributed by atoms with Gasteiger partial charge in [-0.05, 0) is 31.2 Å². The molecule has 0 aliphatic rings. The normalized spacial score (nSPS) is 11.5. The van der Waals surface area contributed by atoms with Crippen LogP contribution in [0.5, 0.6) is 0 Å². The molecule has 144 valence electrons. The maximum atomic E-state index is 12.7. The monoisotopic (exact) mass is 405 g/mol. The number of para-hydroxylation sites is 1. The van der Waals surface area contributed by atoms with Crippen molar-refractivity contribution < 1.29 is 4.42 Å². The summed E-state index contributed by atoms with van der Waals surface area (Å²) in [4.78, 5) is 16.7. The van der Waals surface area contributed by atoms with Gasteiger partial charge in [-0.1, -0.05) is 23.9 Å². The van der Waals surface area contributed by atoms with E-state index in [-0.39, 0.29) is 5.56 Å². The topological polar surface area (TPSA) is 104 Å². The first-order valence-corrected chi connectivity index (χ1v) is 9.97. The maximum Gasteiger partial charge on any atom is 0.277 e. The van der Waals surface area contributed by atoms with Gasteiger partial charge in [-0.15, -0.1) is 20.4 Å². The first-order valence-electron chi connectivity index (χ1n) is 8.98. The number of hydrogen-bond acceptors (Lipinski definition) is 8. The molecule has 10 heteroatoms. The number of rotatable bonds is 5. The number of fused-ring (bicyclic) bond motifs is 3. The molecule has 0 saturated carbocycles. The highest BCUT2D eigenvalue weighted by Crippen LogP contribution is 2.26. The Morgan fingerprint density at radius 2 is 1.86 bits per heavy atom. The summed E-state index contributed by atoms with van der Waals surface area (Å²) in [6.07, 6.45) is 3.35. The van der Waals surface area contributed by atoms with Gasteiger partial charge in [0.15, 0.2) is 0 Å². The number of pyridine rings is 1. The lowest BCUT2D eigenvalue weighted by atomic mass is 10.2. The van der Waals surface area contributed by atoms with Crippen molar-refractivity contribution in [2.24, 2.45) is 0 Å². The van der Waals surface area contributed by atoms with Crippen LogP contribution in [0.2, 0.25) is 0 Å². The Hall–Kier alpha value is -3.53. The zero-order valence-electron chi connectivity index (χ0n) is 15.4. The molecule has 4 aromatic heterocycles. The molecule has 0 atom stereocenters. The van der Waals surface area contributed by atoms with E-state index in [0.29, 0.717) is 40.4 Å². The second-order valence-corrected chi connectivity index (χ2v) is 7.14. The van der Waals surface area contributed by atoms with Gasteiger partial charge in [0.25, 0.3) is 10.8 Å². The van der Waals surface area contributed by atoms with Crippen LogP contribution in [0.1, 0.15) is 12.7 Å². The summed E-state index contributed by atoms with van der Waals surface area (Å²) >= 11 is 1.37. The summed E-state index contributed by atoms with van der Waals surface area (Å²) in [6.45, 7) is 2.43. The van der Waals surface area contributed by atoms with Crippen LogP contribution in [-0.2, 0) is 12.3 Å². The van der Waals surface area contributed by atoms with Gasteiger partial charge in [-0.3, -0.25) is 18.7 Å². The number of benzene rings is 1. The van der Waals surface area contributed by atoms with Gasteiger partial charge in [-0.2, -0.15) is 0 Å². The maximum absolute atomic E-state index is 12.7. The van der Waals surface area contributed by atoms with E-state index in [2.05, 4.69) is 25.4 Å². The fourth-order valence-corrected chi connectivity index (χ4v) is 3.87. The Labute approximate surface area is 168 Å². The molecule has 0 aliphatic carbocycles. The average Bonchev–Trinajstić information content (AvgIpc) is 3.41. The van der Waals surface area contributed by atoms with Crippen LogP contribution >= 0.6 is 11.8 Å². The molecule has 0 unspecified atom stereocenters. The fourth-order valence-electron chi connectivity index (χ4n) is 3.20. The van der Waals surface area contributed by atoms with E-state index >= 15 is 0 Å². The van der Waals surface area contributed by atoms with Gasteiger partial charge in [0.1, 0.15) is 5.82 Å². The first-order chi connectivity index (χ1) is 14.3. The van der Waals surface area contributed by atoms with Gasteiger partial charge in [0.2, 0.25) is 11.7 Å². The predicted octanol–water partition coefficient (Wildman–Crippen LogP) is 2.80. The summed E-state index contributed by atoms with van der Waals surface area (Å²) in [5, 5.41) is 17.8. The Kier molecular flexibility index (Phi) is 4.32. The van der Waals surface area contributed by atoms with E-state index in [4.69, 9.17) is 4.42 Å². The molecule has 0 amide bonds. The third-order valence-electron chi connectivity index (χ3n) is 4.55. The van der Waals surface area contributed by atoms with Crippen molar-refractivity contribution in [3.05, 3.63) is 65.0 Å². The van der Waals surface area contributed by atoms with Gasteiger partial charge in [0, 0.05) is 24.5 Å². The number of thioether (sulfide) groups is 1. The zero-order valence-corrected chi connectivity index (χ0v) is 16.2. The van der Waals surface area contributed by atoms with Crippen molar-refractivity contribution in [3.8, 4) is 11.5 Å². The van der Waals surface area contributed by atoms with E-state index in [9.17, 15) is 4.79 Å². The Morgan fingerprint density at radius 1 is 1.03 bits per heavy atom. The van der Waals surface area contributed by atoms with Gasteiger partial charge < -0.3 is 4.42 Å². The molecule has 0 aliphatic heterocycles. The largest absolute Gasteiger partial charge is 0.411 e. The number of aryl methyl sites for hydroxylation is 1. The smallest absolute Gasteiger partial charge is 0.277 e. The van der Waals surface area contributed by atoms with Crippen molar-refractivity contribution >= 4 is 28.4 Å². The summed E-state index contributed by atoms with van der Waals surface area (Å²) in [6, 6.07) is 11.1. The highest BCUT2D eigenvalue weighted by molar-refractivity contribution is 7.98. The Morgan fingerprint density at radius 3 is 2.69 bits per heavy atom. The second kappa shape index (κ2) is 7.13. The van der Waals surface area contributed by atoms with E-state index in [0.717, 1.165) is 11.1 Å². The summed E-state index contributed by atoms with van der Waals surface area (Å²) in [5.74, 6) is 2.12. The fraction of sp³-hybridized carbons (Fsp3) is 0.158. The highest BCUT2D eigenvalue weighted by atomic mass is 32.2. The molecule has 0 radical (unpaired) electrons. The van der Waals surface area contributed by atoms with Crippen LogP contribution in [0.25, 0.3) is 28.1 Å². The number of aromatic nitrogens is 7. The summed E-state index contributed by atoms with van der Waals surface area (Å²) in [7, 11) is 0. The molecule has 9 nitrogen and oxygen atoms in total. The van der Waals surface area contributed by atoms with E-state index in [1.807, 2.05) is 47.7 Å². The van der Waals surface area contributed by atoms with Crippen LogP contribution < -0.4 is 5.56 Å². The lowest BCUT2D eigenvalue weighted by Gasteiger charge is -2.09. The SMILES string of the molecule is CCn1c(=O)c2ccccc2n2c(CSc3nnc(-c4ccncc4)o3)nnc12. The molecule has 5 rings (SSSR count). The van der Waals surface area contributed by atoms with Crippen molar-refractivity contribution in [3.63, 3.8) is 0 Å². The van der Waals surface area contributed by atoms with Crippen LogP contribution in [0, 0.1) is 0 Å². The van der Waals surface area contributed by atoms with Crippen molar-refractivity contribution in [1.29, 1.82) is 0 Å². The Balaban J connectivity index is 1.51. The predicted molar refractivity (Wildman–Crippen MR) is 108 cm³/mol. The van der Waals surface area contributed by atoms with Crippen molar-refractivity contribution in [2.75, 3.05) is 0 Å². The third-order valence-corrected chi connectivity index (χ3v) is 5.36. The molecule has 0 bridgehead atoms. The lowest BCUT2D eigenvalue weighted by molar-refractivity contribution is 0.465. The Bertz CT molecular complexity index is 1370. The number of nitrogens with zero attached hydrogens (tertiary/aromatic N) is 7. The van der Waals surface area contributed by atoms with Crippen LogP contribution in [0.4, 0.5) is 0 Å². The standard InChI is InChI=1S/C19H15N7O2S/c1-2-25-17(27)13-5-3-4-6-14(13)26-15(21-23-18(25)26)11-29-19-24-22-16(28-19)12-7-9-20-10-8-12/h3-10H,2,11H2,1H3. The summed E-state index contributed by atoms with van der Waals surface area (Å²) < 4.78 is 9.26. The van der Waals surface area contributed by atoms with E-state index < -0.39 is 0 Å². The van der Waals surface area contributed by atoms with Crippen molar-refractivity contribution in [1.82, 2.24) is 34.3 Å². The molecular weight excluding hydrogens is 390 g/mol. The second-order valence-electron chi connectivity index (χ2n) is 6.22. The quantitative estimate of drug-likeness (QED) is 0.411. The first kappa shape index (κ1) is 17.6. The minimum Gasteiger partial charge on any atom is -0.411 e. The molecule has 4 heterocycles. The molecule has 0 fully saturated rings. The molecule has 1 aromatic carbocycles. The molecule has 0 N–H and O–H groups in total. The minimum absolute atomic E-state index is 0.0684. The average molecular weight is 405 g/mol. The van der Waals surface area contributed by atoms with Gasteiger partial charge in [0.05, 0.1) is 16.7 Å². The molecular formula is C19H15N7O2S. The lowest BCUT2D eigenvalue weighted by Crippen LogP contribution is -2.22. The van der Waals surface area contributed by atoms with E-state index in [1.54, 1.807) is 17.0 Å². The molecule has 0 saturated heterocycles. The molecule has 5 aromatic rings. The van der Waals surface area contributed by atoms with Crippen LogP contribution in [0.15, 0.2) is 63.2 Å². The van der Waals surface area contributed by atoms with Crippen molar-refractivity contribution in [2.45, 2.75) is 24.4 Å². The zero-order chi connectivity index (χ0) is 19.8. The number of hydrogen-bond donors (Lipinski definition) is 0. The van der Waals surface area contributed by atoms with Crippen LogP contribution in [0.3, 0.4) is 0 Å². The summed E-state index contributed by atoms with van der Waals surface area (Å²) in [5.41, 5.74) is 1.52. The molecule has 29 heavy (non-hydrogen) atoms. The van der Waals surface area contributed by atoms with Crippen LogP contribution in [-0.4, -0.2) is 34.3 Å². The van der Waals surface area contributed by atoms with Gasteiger partial charge >= 0.3 is 0 Å². The molecule has 0 spiro atoms. The third kappa shape index (κ3) is 2.97. The highest BCUT2D eigenvalue weighted by Gasteiger charge is 2.17.